The third-order valence-electron chi connectivity index (χ3n) is 3.64. The summed E-state index contributed by atoms with van der Waals surface area (Å²) in [4.78, 5) is 4.12. The Balaban J connectivity index is 2.29. The number of aliphatic hydroxyl groups is 1. The fourth-order valence-corrected chi connectivity index (χ4v) is 5.88. The van der Waals surface area contributed by atoms with Gasteiger partial charge in [-0.15, -0.1) is 11.3 Å². The maximum absolute atomic E-state index is 12.6. The SMILES string of the molecule is CC(C)C[C@@H](c1cccnc1)[C@@H](CO)NS(=O)(=O)c1ccc(Br)s1. The van der Waals surface area contributed by atoms with Gasteiger partial charge in [0.25, 0.3) is 0 Å². The molecule has 2 aromatic rings. The lowest BCUT2D eigenvalue weighted by molar-refractivity contribution is 0.229. The summed E-state index contributed by atoms with van der Waals surface area (Å²) in [5.74, 6) is 0.200. The molecule has 0 aliphatic heterocycles. The van der Waals surface area contributed by atoms with Crippen molar-refractivity contribution in [1.29, 1.82) is 0 Å². The summed E-state index contributed by atoms with van der Waals surface area (Å²) >= 11 is 4.42. The van der Waals surface area contributed by atoms with E-state index in [-0.39, 0.29) is 16.7 Å². The third kappa shape index (κ3) is 5.10. The quantitative estimate of drug-likeness (QED) is 0.669. The van der Waals surface area contributed by atoms with E-state index in [2.05, 4.69) is 39.5 Å². The van der Waals surface area contributed by atoms with E-state index in [1.54, 1.807) is 24.5 Å². The first-order chi connectivity index (χ1) is 11.3. The van der Waals surface area contributed by atoms with E-state index >= 15 is 0 Å². The third-order valence-corrected chi connectivity index (χ3v) is 7.25. The molecule has 0 amide bonds. The van der Waals surface area contributed by atoms with Gasteiger partial charge in [-0.3, -0.25) is 4.98 Å². The molecule has 5 nitrogen and oxygen atoms in total. The van der Waals surface area contributed by atoms with E-state index in [1.807, 2.05) is 12.1 Å². The number of thiophene rings is 1. The van der Waals surface area contributed by atoms with Crippen molar-refractivity contribution in [1.82, 2.24) is 9.71 Å². The van der Waals surface area contributed by atoms with Crippen LogP contribution >= 0.6 is 27.3 Å². The highest BCUT2D eigenvalue weighted by atomic mass is 79.9. The van der Waals surface area contributed by atoms with Gasteiger partial charge in [-0.05, 0) is 52.0 Å². The lowest BCUT2D eigenvalue weighted by Crippen LogP contribution is -2.42. The minimum atomic E-state index is -3.68. The molecule has 2 heterocycles. The van der Waals surface area contributed by atoms with Gasteiger partial charge in [-0.1, -0.05) is 19.9 Å². The summed E-state index contributed by atoms with van der Waals surface area (Å²) in [5.41, 5.74) is 0.917. The molecular formula is C16H21BrN2O3S2. The number of nitrogens with zero attached hydrogens (tertiary/aromatic N) is 1. The molecule has 0 unspecified atom stereocenters. The number of aliphatic hydroxyl groups excluding tert-OH is 1. The smallest absolute Gasteiger partial charge is 0.250 e. The standard InChI is InChI=1S/C16H21BrN2O3S2/c1-11(2)8-13(12-4-3-7-18-9-12)14(10-20)19-24(21,22)16-6-5-15(17)23-16/h3-7,9,11,13-14,19-20H,8,10H2,1-2H3/t13-,14+/m0/s1. The van der Waals surface area contributed by atoms with E-state index < -0.39 is 16.1 Å². The van der Waals surface area contributed by atoms with Crippen molar-refractivity contribution in [3.05, 3.63) is 46.0 Å². The molecule has 0 fully saturated rings. The molecule has 2 rings (SSSR count). The lowest BCUT2D eigenvalue weighted by atomic mass is 9.86. The molecule has 2 N–H and O–H groups in total. The Bertz CT molecular complexity index is 748. The average molecular weight is 433 g/mol. The van der Waals surface area contributed by atoms with Crippen molar-refractivity contribution in [3.63, 3.8) is 0 Å². The van der Waals surface area contributed by atoms with Gasteiger partial charge in [0.1, 0.15) is 4.21 Å². The number of sulfonamides is 1. The second-order valence-corrected chi connectivity index (χ2v) is 10.4. The van der Waals surface area contributed by atoms with Crippen LogP contribution in [0.1, 0.15) is 31.7 Å². The molecule has 0 bridgehead atoms. The van der Waals surface area contributed by atoms with E-state index in [0.29, 0.717) is 5.92 Å². The van der Waals surface area contributed by atoms with Gasteiger partial charge in [-0.2, -0.15) is 0 Å². The van der Waals surface area contributed by atoms with Crippen LogP contribution in [0.15, 0.2) is 44.7 Å². The Hall–Kier alpha value is -0.800. The normalized spacial score (nSPS) is 14.7. The zero-order valence-electron chi connectivity index (χ0n) is 13.5. The molecule has 0 saturated heterocycles. The van der Waals surface area contributed by atoms with Crippen LogP contribution in [0, 0.1) is 5.92 Å². The highest BCUT2D eigenvalue weighted by Crippen LogP contribution is 2.30. The second-order valence-electron chi connectivity index (χ2n) is 5.99. The summed E-state index contributed by atoms with van der Waals surface area (Å²) in [5, 5.41) is 9.83. The minimum absolute atomic E-state index is 0.151. The molecule has 2 atom stereocenters. The van der Waals surface area contributed by atoms with Crippen molar-refractivity contribution in [3.8, 4) is 0 Å². The van der Waals surface area contributed by atoms with Crippen molar-refractivity contribution in [2.75, 3.05) is 6.61 Å². The molecular weight excluding hydrogens is 412 g/mol. The lowest BCUT2D eigenvalue weighted by Gasteiger charge is -2.27. The zero-order valence-corrected chi connectivity index (χ0v) is 16.7. The van der Waals surface area contributed by atoms with Crippen LogP contribution in [0.25, 0.3) is 0 Å². The van der Waals surface area contributed by atoms with Gasteiger partial charge in [-0.25, -0.2) is 13.1 Å². The van der Waals surface area contributed by atoms with Crippen LogP contribution in [0.3, 0.4) is 0 Å². The van der Waals surface area contributed by atoms with Crippen LogP contribution < -0.4 is 4.72 Å². The number of aromatic nitrogens is 1. The van der Waals surface area contributed by atoms with Gasteiger partial charge < -0.3 is 5.11 Å². The predicted molar refractivity (Wildman–Crippen MR) is 99.6 cm³/mol. The van der Waals surface area contributed by atoms with Crippen molar-refractivity contribution < 1.29 is 13.5 Å². The molecule has 24 heavy (non-hydrogen) atoms. The maximum atomic E-state index is 12.6. The first kappa shape index (κ1) is 19.5. The van der Waals surface area contributed by atoms with Gasteiger partial charge >= 0.3 is 0 Å². The fraction of sp³-hybridized carbons (Fsp3) is 0.438. The molecule has 0 aromatic carbocycles. The van der Waals surface area contributed by atoms with E-state index in [4.69, 9.17) is 0 Å². The summed E-state index contributed by atoms with van der Waals surface area (Å²) < 4.78 is 28.8. The van der Waals surface area contributed by atoms with Crippen LogP contribution in [-0.2, 0) is 10.0 Å². The number of hydrogen-bond donors (Lipinski definition) is 2. The van der Waals surface area contributed by atoms with Gasteiger partial charge in [0.05, 0.1) is 16.4 Å². The predicted octanol–water partition coefficient (Wildman–Crippen LogP) is 3.37. The first-order valence-electron chi connectivity index (χ1n) is 7.62. The van der Waals surface area contributed by atoms with Gasteiger partial charge in [0.15, 0.2) is 0 Å². The highest BCUT2D eigenvalue weighted by molar-refractivity contribution is 9.11. The molecule has 0 spiro atoms. The van der Waals surface area contributed by atoms with Gasteiger partial charge in [0, 0.05) is 18.3 Å². The van der Waals surface area contributed by atoms with Crippen LogP contribution in [0.2, 0.25) is 0 Å². The largest absolute Gasteiger partial charge is 0.395 e. The maximum Gasteiger partial charge on any atom is 0.250 e. The monoisotopic (exact) mass is 432 g/mol. The van der Waals surface area contributed by atoms with Crippen molar-refractivity contribution in [2.45, 2.75) is 36.4 Å². The van der Waals surface area contributed by atoms with E-state index in [1.165, 1.54) is 0 Å². The topological polar surface area (TPSA) is 79.3 Å². The first-order valence-corrected chi connectivity index (χ1v) is 10.7. The second kappa shape index (κ2) is 8.53. The Labute approximate surface area is 155 Å². The zero-order chi connectivity index (χ0) is 17.7. The number of nitrogens with one attached hydrogen (secondary N) is 1. The van der Waals surface area contributed by atoms with Gasteiger partial charge in [0.2, 0.25) is 10.0 Å². The Morgan fingerprint density at radius 2 is 2.08 bits per heavy atom. The molecule has 0 saturated carbocycles. The summed E-state index contributed by atoms with van der Waals surface area (Å²) in [6.45, 7) is 3.86. The molecule has 2 aromatic heterocycles. The number of halogens is 1. The molecule has 0 aliphatic rings. The highest BCUT2D eigenvalue weighted by Gasteiger charge is 2.29. The Morgan fingerprint density at radius 3 is 2.58 bits per heavy atom. The number of pyridine rings is 1. The minimum Gasteiger partial charge on any atom is -0.395 e. The fourth-order valence-electron chi connectivity index (χ4n) is 2.58. The van der Waals surface area contributed by atoms with Crippen molar-refractivity contribution >= 4 is 37.3 Å². The van der Waals surface area contributed by atoms with Crippen molar-refractivity contribution in [2.24, 2.45) is 5.92 Å². The summed E-state index contributed by atoms with van der Waals surface area (Å²) in [6.07, 6.45) is 4.15. The number of rotatable bonds is 8. The number of hydrogen-bond acceptors (Lipinski definition) is 5. The molecule has 0 radical (unpaired) electrons. The van der Waals surface area contributed by atoms with E-state index in [9.17, 15) is 13.5 Å². The molecule has 0 aliphatic carbocycles. The molecule has 8 heteroatoms. The van der Waals surface area contributed by atoms with E-state index in [0.717, 1.165) is 27.1 Å². The average Bonchev–Trinajstić information content (AvgIpc) is 2.99. The van der Waals surface area contributed by atoms with Crippen LogP contribution in [-0.4, -0.2) is 31.2 Å². The Kier molecular flexibility index (Phi) is 6.94. The summed E-state index contributed by atoms with van der Waals surface area (Å²) in [6, 6.07) is 6.37. The Morgan fingerprint density at radius 1 is 1.33 bits per heavy atom. The van der Waals surface area contributed by atoms with Crippen LogP contribution in [0.5, 0.6) is 0 Å². The molecule has 132 valence electrons. The van der Waals surface area contributed by atoms with Crippen LogP contribution in [0.4, 0.5) is 0 Å². The summed E-state index contributed by atoms with van der Waals surface area (Å²) in [7, 11) is -3.68.